The number of aliphatic hydroxyl groups excluding tert-OH is 2. The second-order valence-electron chi connectivity index (χ2n) is 7.71. The van der Waals surface area contributed by atoms with Gasteiger partial charge in [0.25, 0.3) is 0 Å². The standard InChI is InChI=1S/C19H37NO5S/c1-2-17-14-18-4-3-5-19(15-17,16-18)26(23)20(6-10-24-12-8-21)7-11-25-13-9-22/h17-18,21-22H,2-16H2,1H3. The Morgan fingerprint density at radius 3 is 2.31 bits per heavy atom. The lowest BCUT2D eigenvalue weighted by Gasteiger charge is -2.49. The molecule has 0 aromatic rings. The zero-order valence-corrected chi connectivity index (χ0v) is 17.1. The van der Waals surface area contributed by atoms with Crippen molar-refractivity contribution < 1.29 is 24.2 Å². The van der Waals surface area contributed by atoms with Gasteiger partial charge in [0.2, 0.25) is 0 Å². The number of rotatable bonds is 13. The van der Waals surface area contributed by atoms with Crippen molar-refractivity contribution in [1.82, 2.24) is 4.31 Å². The van der Waals surface area contributed by atoms with Crippen molar-refractivity contribution in [3.05, 3.63) is 0 Å². The van der Waals surface area contributed by atoms with Gasteiger partial charge in [-0.2, -0.15) is 0 Å². The van der Waals surface area contributed by atoms with Gasteiger partial charge in [0.05, 0.1) is 52.7 Å². The lowest BCUT2D eigenvalue weighted by molar-refractivity contribution is 0.0665. The van der Waals surface area contributed by atoms with E-state index in [-0.39, 0.29) is 18.0 Å². The molecule has 2 bridgehead atoms. The molecule has 4 atom stereocenters. The number of hydrogen-bond donors (Lipinski definition) is 2. The quantitative estimate of drug-likeness (QED) is 0.367. The summed E-state index contributed by atoms with van der Waals surface area (Å²) in [6, 6.07) is 0. The molecule has 0 aliphatic heterocycles. The van der Waals surface area contributed by atoms with E-state index in [0.717, 1.165) is 25.2 Å². The van der Waals surface area contributed by atoms with Gasteiger partial charge in [0.1, 0.15) is 4.75 Å². The lowest BCUT2D eigenvalue weighted by atomic mass is 9.67. The normalized spacial score (nSPS) is 29.9. The minimum Gasteiger partial charge on any atom is -0.597 e. The van der Waals surface area contributed by atoms with Gasteiger partial charge < -0.3 is 24.2 Å². The number of nitrogens with zero attached hydrogens (tertiary/aromatic N) is 1. The smallest absolute Gasteiger partial charge is 0.146 e. The zero-order chi connectivity index (χ0) is 18.8. The SMILES string of the molecule is CCC1CC2CCCC([S+]([O-])N(CCOCCO)CCOCCO)(C1)C2. The highest BCUT2D eigenvalue weighted by Gasteiger charge is 2.53. The molecular weight excluding hydrogens is 354 g/mol. The van der Waals surface area contributed by atoms with Crippen LogP contribution >= 0.6 is 0 Å². The fourth-order valence-corrected chi connectivity index (χ4v) is 6.77. The molecule has 2 aliphatic carbocycles. The predicted molar refractivity (Wildman–Crippen MR) is 103 cm³/mol. The topological polar surface area (TPSA) is 85.2 Å². The Kier molecular flexibility index (Phi) is 10.2. The Bertz CT molecular complexity index is 377. The molecule has 0 radical (unpaired) electrons. The number of hydrogen-bond acceptors (Lipinski definition) is 6. The van der Waals surface area contributed by atoms with Crippen LogP contribution in [0.25, 0.3) is 0 Å². The van der Waals surface area contributed by atoms with Gasteiger partial charge in [-0.3, -0.25) is 0 Å². The van der Waals surface area contributed by atoms with E-state index in [0.29, 0.717) is 45.4 Å². The molecule has 0 aromatic heterocycles. The Labute approximate surface area is 161 Å². The third kappa shape index (κ3) is 6.33. The number of fused-ring (bicyclic) bond motifs is 2. The minimum atomic E-state index is -1.06. The van der Waals surface area contributed by atoms with Crippen LogP contribution in [0.4, 0.5) is 0 Å². The van der Waals surface area contributed by atoms with Crippen LogP contribution < -0.4 is 0 Å². The van der Waals surface area contributed by atoms with Crippen LogP contribution in [0.3, 0.4) is 0 Å². The molecule has 7 heteroatoms. The van der Waals surface area contributed by atoms with Crippen molar-refractivity contribution >= 4 is 11.4 Å². The first-order valence-electron chi connectivity index (χ1n) is 10.2. The summed E-state index contributed by atoms with van der Waals surface area (Å²) >= 11 is -1.06. The molecule has 0 saturated heterocycles. The monoisotopic (exact) mass is 391 g/mol. The molecule has 0 heterocycles. The van der Waals surface area contributed by atoms with E-state index in [1.807, 2.05) is 4.31 Å². The molecule has 2 rings (SSSR count). The van der Waals surface area contributed by atoms with Gasteiger partial charge in [0.15, 0.2) is 0 Å². The van der Waals surface area contributed by atoms with Crippen LogP contribution in [-0.2, 0) is 20.8 Å². The third-order valence-corrected chi connectivity index (χ3v) is 7.97. The Morgan fingerprint density at radius 2 is 1.73 bits per heavy atom. The molecule has 154 valence electrons. The van der Waals surface area contributed by atoms with E-state index in [4.69, 9.17) is 19.7 Å². The first-order valence-corrected chi connectivity index (χ1v) is 11.3. The summed E-state index contributed by atoms with van der Waals surface area (Å²) in [5, 5.41) is 17.7. The van der Waals surface area contributed by atoms with Crippen molar-refractivity contribution in [2.24, 2.45) is 11.8 Å². The Balaban J connectivity index is 2.00. The molecule has 2 fully saturated rings. The highest BCUT2D eigenvalue weighted by Crippen LogP contribution is 2.51. The van der Waals surface area contributed by atoms with E-state index in [9.17, 15) is 4.55 Å². The van der Waals surface area contributed by atoms with Crippen molar-refractivity contribution in [2.45, 2.75) is 56.6 Å². The molecule has 2 N–H and O–H groups in total. The molecule has 4 unspecified atom stereocenters. The van der Waals surface area contributed by atoms with Gasteiger partial charge in [-0.15, -0.1) is 4.31 Å². The van der Waals surface area contributed by atoms with Crippen LogP contribution in [0.2, 0.25) is 0 Å². The number of aliphatic hydroxyl groups is 2. The first-order chi connectivity index (χ1) is 12.6. The molecule has 2 aliphatic rings. The van der Waals surface area contributed by atoms with Gasteiger partial charge in [0, 0.05) is 24.2 Å². The zero-order valence-electron chi connectivity index (χ0n) is 16.2. The van der Waals surface area contributed by atoms with Crippen molar-refractivity contribution in [1.29, 1.82) is 0 Å². The van der Waals surface area contributed by atoms with E-state index < -0.39 is 11.4 Å². The van der Waals surface area contributed by atoms with Crippen LogP contribution in [-0.4, -0.2) is 76.5 Å². The van der Waals surface area contributed by atoms with E-state index in [1.54, 1.807) is 0 Å². The maximum absolute atomic E-state index is 13.6. The van der Waals surface area contributed by atoms with E-state index in [1.165, 1.54) is 25.7 Å². The predicted octanol–water partition coefficient (Wildman–Crippen LogP) is 1.72. The van der Waals surface area contributed by atoms with E-state index >= 15 is 0 Å². The average molecular weight is 392 g/mol. The molecule has 0 amide bonds. The van der Waals surface area contributed by atoms with Crippen molar-refractivity contribution in [3.63, 3.8) is 0 Å². The third-order valence-electron chi connectivity index (χ3n) is 5.86. The summed E-state index contributed by atoms with van der Waals surface area (Å²) in [5.74, 6) is 1.42. The van der Waals surface area contributed by atoms with E-state index in [2.05, 4.69) is 6.92 Å². The summed E-state index contributed by atoms with van der Waals surface area (Å²) in [4.78, 5) is 0. The largest absolute Gasteiger partial charge is 0.597 e. The lowest BCUT2D eigenvalue weighted by Crippen LogP contribution is -2.55. The summed E-state index contributed by atoms with van der Waals surface area (Å²) in [5.41, 5.74) is 0. The van der Waals surface area contributed by atoms with Gasteiger partial charge in [-0.1, -0.05) is 19.8 Å². The molecule has 0 spiro atoms. The Hall–Kier alpha value is 0.110. The molecule has 26 heavy (non-hydrogen) atoms. The first kappa shape index (κ1) is 22.4. The average Bonchev–Trinajstić information content (AvgIpc) is 2.65. The maximum Gasteiger partial charge on any atom is 0.146 e. The molecule has 0 aromatic carbocycles. The van der Waals surface area contributed by atoms with Crippen LogP contribution in [0.1, 0.15) is 51.9 Å². The Morgan fingerprint density at radius 1 is 1.08 bits per heavy atom. The summed E-state index contributed by atoms with van der Waals surface area (Å²) in [7, 11) is 0. The maximum atomic E-state index is 13.6. The summed E-state index contributed by atoms with van der Waals surface area (Å²) in [6.45, 7) is 4.98. The van der Waals surface area contributed by atoms with Crippen LogP contribution in [0, 0.1) is 11.8 Å². The molecule has 2 saturated carbocycles. The fraction of sp³-hybridized carbons (Fsp3) is 1.00. The van der Waals surface area contributed by atoms with Gasteiger partial charge in [-0.05, 0) is 31.1 Å². The second-order valence-corrected chi connectivity index (χ2v) is 9.59. The van der Waals surface area contributed by atoms with Gasteiger partial charge >= 0.3 is 0 Å². The summed E-state index contributed by atoms with van der Waals surface area (Å²) in [6.07, 6.45) is 8.15. The van der Waals surface area contributed by atoms with Crippen LogP contribution in [0.5, 0.6) is 0 Å². The van der Waals surface area contributed by atoms with Crippen LogP contribution in [0.15, 0.2) is 0 Å². The van der Waals surface area contributed by atoms with Crippen molar-refractivity contribution in [2.75, 3.05) is 52.7 Å². The summed E-state index contributed by atoms with van der Waals surface area (Å²) < 4.78 is 26.4. The second kappa shape index (κ2) is 11.8. The minimum absolute atomic E-state index is 0.00645. The fourth-order valence-electron chi connectivity index (χ4n) is 4.67. The molecule has 6 nitrogen and oxygen atoms in total. The molecular formula is C19H37NO5S. The highest BCUT2D eigenvalue weighted by molar-refractivity contribution is 7.90. The van der Waals surface area contributed by atoms with Crippen molar-refractivity contribution in [3.8, 4) is 0 Å². The van der Waals surface area contributed by atoms with Gasteiger partial charge in [-0.25, -0.2) is 0 Å². The highest BCUT2D eigenvalue weighted by atomic mass is 32.2. The number of ether oxygens (including phenoxy) is 2.